The number of nitrogens with zero attached hydrogens (tertiary/aromatic N) is 2. The van der Waals surface area contributed by atoms with Crippen molar-refractivity contribution in [2.24, 2.45) is 0 Å². The molecule has 17 heavy (non-hydrogen) atoms. The van der Waals surface area contributed by atoms with Gasteiger partial charge in [-0.25, -0.2) is 9.78 Å². The summed E-state index contributed by atoms with van der Waals surface area (Å²) in [5.41, 5.74) is -0.833. The van der Waals surface area contributed by atoms with Crippen LogP contribution in [0.1, 0.15) is 37.0 Å². The molecule has 0 aliphatic heterocycles. The molecule has 6 nitrogen and oxygen atoms in total. The molecule has 0 aliphatic rings. The lowest BCUT2D eigenvalue weighted by molar-refractivity contribution is -0.147. The molecule has 6 heteroatoms. The van der Waals surface area contributed by atoms with Gasteiger partial charge in [0.05, 0.1) is 5.69 Å². The summed E-state index contributed by atoms with van der Waals surface area (Å²) in [7, 11) is 0. The van der Waals surface area contributed by atoms with Crippen LogP contribution in [0.25, 0.3) is 0 Å². The van der Waals surface area contributed by atoms with Crippen LogP contribution >= 0.6 is 0 Å². The fraction of sp³-hybridized carbons (Fsp3) is 0.545. The molecule has 1 heterocycles. The number of amides is 1. The van der Waals surface area contributed by atoms with Crippen LogP contribution in [0.3, 0.4) is 0 Å². The molecule has 0 radical (unpaired) electrons. The molecule has 94 valence electrons. The number of carboxylic acid groups (broad SMARTS) is 1. The summed E-state index contributed by atoms with van der Waals surface area (Å²) in [4.78, 5) is 28.3. The molecular weight excluding hydrogens is 224 g/mol. The van der Waals surface area contributed by atoms with Gasteiger partial charge in [-0.2, -0.15) is 0 Å². The summed E-state index contributed by atoms with van der Waals surface area (Å²) in [6.07, 6.45) is 1.17. The number of carbonyl (C=O) groups excluding carboxylic acids is 1. The van der Waals surface area contributed by atoms with Crippen LogP contribution in [0.2, 0.25) is 0 Å². The Balaban J connectivity index is 3.09. The Morgan fingerprint density at radius 2 is 2.12 bits per heavy atom. The summed E-state index contributed by atoms with van der Waals surface area (Å²) >= 11 is 0. The van der Waals surface area contributed by atoms with Crippen molar-refractivity contribution < 1.29 is 19.1 Å². The Hall–Kier alpha value is -1.85. The average molecular weight is 240 g/mol. The number of likely N-dealkylation sites (N-methyl/N-ethyl adjacent to an activating group) is 1. The van der Waals surface area contributed by atoms with Gasteiger partial charge in [-0.05, 0) is 27.7 Å². The number of carbonyl (C=O) groups is 2. The fourth-order valence-electron chi connectivity index (χ4n) is 1.54. The Kier molecular flexibility index (Phi) is 3.55. The maximum Gasteiger partial charge on any atom is 0.329 e. The molecule has 0 atom stereocenters. The van der Waals surface area contributed by atoms with E-state index in [1.54, 1.807) is 13.8 Å². The SMILES string of the molecule is CCN(C(=O)c1ocnc1C)C(C)(C)C(=O)O. The molecule has 1 amide bonds. The van der Waals surface area contributed by atoms with Gasteiger partial charge in [-0.3, -0.25) is 4.79 Å². The van der Waals surface area contributed by atoms with Gasteiger partial charge in [0, 0.05) is 6.54 Å². The van der Waals surface area contributed by atoms with E-state index in [0.717, 1.165) is 0 Å². The second-order valence-electron chi connectivity index (χ2n) is 4.18. The normalized spacial score (nSPS) is 11.3. The molecule has 0 bridgehead atoms. The van der Waals surface area contributed by atoms with E-state index in [-0.39, 0.29) is 12.3 Å². The van der Waals surface area contributed by atoms with Crippen molar-refractivity contribution in [2.75, 3.05) is 6.54 Å². The number of hydrogen-bond donors (Lipinski definition) is 1. The third-order valence-electron chi connectivity index (χ3n) is 2.70. The van der Waals surface area contributed by atoms with E-state index in [4.69, 9.17) is 9.52 Å². The van der Waals surface area contributed by atoms with Crippen LogP contribution in [0.15, 0.2) is 10.8 Å². The second-order valence-corrected chi connectivity index (χ2v) is 4.18. The van der Waals surface area contributed by atoms with Crippen molar-refractivity contribution in [3.8, 4) is 0 Å². The van der Waals surface area contributed by atoms with Crippen LogP contribution in [0, 0.1) is 6.92 Å². The van der Waals surface area contributed by atoms with Crippen LogP contribution in [0.4, 0.5) is 0 Å². The van der Waals surface area contributed by atoms with Gasteiger partial charge in [-0.15, -0.1) is 0 Å². The number of rotatable bonds is 4. The lowest BCUT2D eigenvalue weighted by Gasteiger charge is -2.33. The first kappa shape index (κ1) is 13.2. The molecule has 0 aliphatic carbocycles. The highest BCUT2D eigenvalue weighted by molar-refractivity contribution is 5.96. The molecule has 0 spiro atoms. The number of hydrogen-bond acceptors (Lipinski definition) is 4. The fourth-order valence-corrected chi connectivity index (χ4v) is 1.54. The van der Waals surface area contributed by atoms with Gasteiger partial charge in [0.1, 0.15) is 5.54 Å². The molecule has 0 saturated heterocycles. The minimum atomic E-state index is -1.29. The first-order chi connectivity index (χ1) is 7.82. The minimum absolute atomic E-state index is 0.0844. The lowest BCUT2D eigenvalue weighted by atomic mass is 10.0. The van der Waals surface area contributed by atoms with Gasteiger partial charge < -0.3 is 14.4 Å². The number of carboxylic acids is 1. The molecule has 1 aromatic rings. The monoisotopic (exact) mass is 240 g/mol. The molecular formula is C11H16N2O4. The van der Waals surface area contributed by atoms with Crippen molar-refractivity contribution in [1.82, 2.24) is 9.88 Å². The van der Waals surface area contributed by atoms with Crippen molar-refractivity contribution in [3.05, 3.63) is 17.8 Å². The Bertz CT molecular complexity index is 436. The van der Waals surface area contributed by atoms with E-state index >= 15 is 0 Å². The van der Waals surface area contributed by atoms with Gasteiger partial charge in [0.25, 0.3) is 5.91 Å². The summed E-state index contributed by atoms with van der Waals surface area (Å²) in [5, 5.41) is 9.12. The zero-order chi connectivity index (χ0) is 13.2. The lowest BCUT2D eigenvalue weighted by Crippen LogP contribution is -2.53. The summed E-state index contributed by atoms with van der Waals surface area (Å²) in [6, 6.07) is 0. The number of oxazole rings is 1. The van der Waals surface area contributed by atoms with Gasteiger partial charge in [0.15, 0.2) is 6.39 Å². The van der Waals surface area contributed by atoms with Crippen molar-refractivity contribution >= 4 is 11.9 Å². The standard InChI is InChI=1S/C11H16N2O4/c1-5-13(11(3,4)10(15)16)9(14)8-7(2)12-6-17-8/h6H,5H2,1-4H3,(H,15,16). The van der Waals surface area contributed by atoms with E-state index in [2.05, 4.69) is 4.98 Å². The van der Waals surface area contributed by atoms with Gasteiger partial charge >= 0.3 is 5.97 Å². The van der Waals surface area contributed by atoms with Crippen LogP contribution in [-0.2, 0) is 4.79 Å². The zero-order valence-electron chi connectivity index (χ0n) is 10.4. The van der Waals surface area contributed by atoms with Crippen LogP contribution in [0.5, 0.6) is 0 Å². The molecule has 0 aromatic carbocycles. The number of aromatic nitrogens is 1. The van der Waals surface area contributed by atoms with E-state index in [9.17, 15) is 9.59 Å². The van der Waals surface area contributed by atoms with Crippen molar-refractivity contribution in [2.45, 2.75) is 33.2 Å². The zero-order valence-corrected chi connectivity index (χ0v) is 10.4. The quantitative estimate of drug-likeness (QED) is 0.857. The topological polar surface area (TPSA) is 83.6 Å². The predicted octanol–water partition coefficient (Wildman–Crippen LogP) is 1.31. The van der Waals surface area contributed by atoms with Crippen molar-refractivity contribution in [1.29, 1.82) is 0 Å². The third kappa shape index (κ3) is 2.30. The maximum atomic E-state index is 12.1. The van der Waals surface area contributed by atoms with Gasteiger partial charge in [0.2, 0.25) is 5.76 Å². The molecule has 1 aromatic heterocycles. The average Bonchev–Trinajstić information content (AvgIpc) is 2.64. The Morgan fingerprint density at radius 1 is 1.53 bits per heavy atom. The predicted molar refractivity (Wildman–Crippen MR) is 59.7 cm³/mol. The van der Waals surface area contributed by atoms with Crippen LogP contribution < -0.4 is 0 Å². The highest BCUT2D eigenvalue weighted by Gasteiger charge is 2.38. The smallest absolute Gasteiger partial charge is 0.329 e. The van der Waals surface area contributed by atoms with E-state index in [0.29, 0.717) is 5.69 Å². The minimum Gasteiger partial charge on any atom is -0.480 e. The molecule has 0 unspecified atom stereocenters. The number of aliphatic carboxylic acids is 1. The molecule has 0 fully saturated rings. The third-order valence-corrected chi connectivity index (χ3v) is 2.70. The van der Waals surface area contributed by atoms with E-state index in [1.165, 1.54) is 25.1 Å². The first-order valence-corrected chi connectivity index (χ1v) is 5.27. The second kappa shape index (κ2) is 4.57. The molecule has 0 saturated carbocycles. The Morgan fingerprint density at radius 3 is 2.47 bits per heavy atom. The highest BCUT2D eigenvalue weighted by atomic mass is 16.4. The highest BCUT2D eigenvalue weighted by Crippen LogP contribution is 2.19. The van der Waals surface area contributed by atoms with E-state index < -0.39 is 17.4 Å². The van der Waals surface area contributed by atoms with Crippen molar-refractivity contribution in [3.63, 3.8) is 0 Å². The largest absolute Gasteiger partial charge is 0.480 e. The van der Waals surface area contributed by atoms with Gasteiger partial charge in [-0.1, -0.05) is 0 Å². The van der Waals surface area contributed by atoms with Crippen LogP contribution in [-0.4, -0.2) is 39.0 Å². The first-order valence-electron chi connectivity index (χ1n) is 5.27. The molecule has 1 N–H and O–H groups in total. The number of aryl methyl sites for hydroxylation is 1. The summed E-state index contributed by atoms with van der Waals surface area (Å²) in [5.74, 6) is -1.44. The van der Waals surface area contributed by atoms with E-state index in [1.807, 2.05) is 0 Å². The maximum absolute atomic E-state index is 12.1. The summed E-state index contributed by atoms with van der Waals surface area (Å²) < 4.78 is 4.99. The Labute approximate surface area is 99.2 Å². The molecule has 1 rings (SSSR count). The summed E-state index contributed by atoms with van der Waals surface area (Å²) in [6.45, 7) is 6.58.